The second kappa shape index (κ2) is 7.79. The molecule has 1 amide bonds. The van der Waals surface area contributed by atoms with Gasteiger partial charge in [-0.3, -0.25) is 4.79 Å². The summed E-state index contributed by atoms with van der Waals surface area (Å²) in [5.41, 5.74) is 1.93. The van der Waals surface area contributed by atoms with E-state index in [2.05, 4.69) is 20.4 Å². The summed E-state index contributed by atoms with van der Waals surface area (Å²) in [5, 5.41) is 10.1. The van der Waals surface area contributed by atoms with Crippen molar-refractivity contribution in [3.05, 3.63) is 28.6 Å². The van der Waals surface area contributed by atoms with Gasteiger partial charge in [-0.1, -0.05) is 5.16 Å². The van der Waals surface area contributed by atoms with E-state index in [0.717, 1.165) is 54.6 Å². The molecule has 2 aromatic rings. The number of nitrogens with one attached hydrogen (secondary N) is 1. The van der Waals surface area contributed by atoms with Crippen LogP contribution >= 0.6 is 11.3 Å². The van der Waals surface area contributed by atoms with Gasteiger partial charge in [-0.05, 0) is 39.0 Å². The van der Waals surface area contributed by atoms with Gasteiger partial charge in [0, 0.05) is 43.2 Å². The zero-order valence-electron chi connectivity index (χ0n) is 14.2. The molecule has 0 radical (unpaired) electrons. The Morgan fingerprint density at radius 1 is 1.50 bits per heavy atom. The molecule has 0 bridgehead atoms. The molecule has 1 unspecified atom stereocenters. The highest BCUT2D eigenvalue weighted by atomic mass is 32.1. The van der Waals surface area contributed by atoms with E-state index in [1.807, 2.05) is 25.4 Å². The second-order valence-electron chi connectivity index (χ2n) is 6.38. The van der Waals surface area contributed by atoms with Crippen molar-refractivity contribution in [2.45, 2.75) is 39.5 Å². The molecule has 6 nitrogen and oxygen atoms in total. The van der Waals surface area contributed by atoms with Gasteiger partial charge >= 0.3 is 0 Å². The first kappa shape index (κ1) is 17.0. The quantitative estimate of drug-likeness (QED) is 0.869. The molecule has 7 heteroatoms. The molecule has 3 heterocycles. The van der Waals surface area contributed by atoms with Gasteiger partial charge in [0.25, 0.3) is 0 Å². The monoisotopic (exact) mass is 348 g/mol. The van der Waals surface area contributed by atoms with Gasteiger partial charge in [0.05, 0.1) is 5.69 Å². The zero-order chi connectivity index (χ0) is 16.9. The Morgan fingerprint density at radius 3 is 3.08 bits per heavy atom. The number of aryl methyl sites for hydroxylation is 2. The van der Waals surface area contributed by atoms with Crippen LogP contribution in [-0.4, -0.2) is 35.7 Å². The first-order valence-electron chi connectivity index (χ1n) is 8.46. The fourth-order valence-corrected chi connectivity index (χ4v) is 3.90. The molecule has 3 rings (SSSR count). The van der Waals surface area contributed by atoms with Crippen molar-refractivity contribution in [1.82, 2.24) is 15.5 Å². The highest BCUT2D eigenvalue weighted by Crippen LogP contribution is 2.24. The molecule has 1 N–H and O–H groups in total. The number of carbonyl (C=O) groups is 1. The minimum absolute atomic E-state index is 0.0985. The summed E-state index contributed by atoms with van der Waals surface area (Å²) in [6.07, 6.45) is 5.32. The van der Waals surface area contributed by atoms with E-state index < -0.39 is 0 Å². The Bertz CT molecular complexity index is 649. The van der Waals surface area contributed by atoms with Crippen molar-refractivity contribution < 1.29 is 9.32 Å². The molecule has 0 spiro atoms. The third-order valence-electron chi connectivity index (χ3n) is 4.58. The minimum atomic E-state index is 0.0985. The first-order valence-corrected chi connectivity index (χ1v) is 9.34. The summed E-state index contributed by atoms with van der Waals surface area (Å²) in [4.78, 5) is 18.8. The molecule has 24 heavy (non-hydrogen) atoms. The molecule has 1 saturated heterocycles. The van der Waals surface area contributed by atoms with Gasteiger partial charge < -0.3 is 14.7 Å². The number of amides is 1. The van der Waals surface area contributed by atoms with Crippen LogP contribution in [0, 0.1) is 19.8 Å². The van der Waals surface area contributed by atoms with Crippen LogP contribution in [0.2, 0.25) is 0 Å². The van der Waals surface area contributed by atoms with Crippen molar-refractivity contribution in [2.24, 2.45) is 5.92 Å². The molecule has 2 aromatic heterocycles. The third-order valence-corrected chi connectivity index (χ3v) is 5.41. The van der Waals surface area contributed by atoms with Crippen LogP contribution in [0.1, 0.15) is 36.3 Å². The fourth-order valence-electron chi connectivity index (χ4n) is 3.22. The minimum Gasteiger partial charge on any atom is -0.361 e. The summed E-state index contributed by atoms with van der Waals surface area (Å²) in [5.74, 6) is 1.40. The third kappa shape index (κ3) is 4.14. The van der Waals surface area contributed by atoms with Gasteiger partial charge in [0.15, 0.2) is 5.13 Å². The smallest absolute Gasteiger partial charge is 0.220 e. The van der Waals surface area contributed by atoms with Crippen molar-refractivity contribution in [1.29, 1.82) is 0 Å². The van der Waals surface area contributed by atoms with E-state index >= 15 is 0 Å². The summed E-state index contributed by atoms with van der Waals surface area (Å²) >= 11 is 1.68. The molecule has 0 saturated carbocycles. The average Bonchev–Trinajstić information content (AvgIpc) is 3.22. The summed E-state index contributed by atoms with van der Waals surface area (Å²) in [6.45, 7) is 6.57. The van der Waals surface area contributed by atoms with E-state index in [1.54, 1.807) is 11.3 Å². The number of hydrogen-bond acceptors (Lipinski definition) is 6. The van der Waals surface area contributed by atoms with Crippen molar-refractivity contribution in [3.8, 4) is 0 Å². The lowest BCUT2D eigenvalue weighted by molar-refractivity contribution is -0.121. The SMILES string of the molecule is Cc1noc(C)c1CCC(=O)NCC1CCCN(c2nccs2)C1. The maximum absolute atomic E-state index is 12.1. The van der Waals surface area contributed by atoms with Gasteiger partial charge in [-0.2, -0.15) is 0 Å². The summed E-state index contributed by atoms with van der Waals surface area (Å²) in [7, 11) is 0. The van der Waals surface area contributed by atoms with Crippen LogP contribution < -0.4 is 10.2 Å². The topological polar surface area (TPSA) is 71.3 Å². The Balaban J connectivity index is 1.42. The molecule has 1 fully saturated rings. The fraction of sp³-hybridized carbons (Fsp3) is 0.588. The van der Waals surface area contributed by atoms with Crippen LogP contribution in [0.4, 0.5) is 5.13 Å². The van der Waals surface area contributed by atoms with Gasteiger partial charge in [0.2, 0.25) is 5.91 Å². The predicted octanol–water partition coefficient (Wildman–Crippen LogP) is 2.71. The lowest BCUT2D eigenvalue weighted by Crippen LogP contribution is -2.41. The predicted molar refractivity (Wildman–Crippen MR) is 94.4 cm³/mol. The number of thiazole rings is 1. The highest BCUT2D eigenvalue weighted by Gasteiger charge is 2.22. The summed E-state index contributed by atoms with van der Waals surface area (Å²) in [6, 6.07) is 0. The molecule has 130 valence electrons. The molecule has 1 atom stereocenters. The van der Waals surface area contributed by atoms with Crippen molar-refractivity contribution in [2.75, 3.05) is 24.5 Å². The normalized spacial score (nSPS) is 17.9. The molecule has 1 aliphatic heterocycles. The number of anilines is 1. The van der Waals surface area contributed by atoms with Crippen molar-refractivity contribution >= 4 is 22.4 Å². The van der Waals surface area contributed by atoms with E-state index in [0.29, 0.717) is 18.8 Å². The van der Waals surface area contributed by atoms with Gasteiger partial charge in [0.1, 0.15) is 5.76 Å². The van der Waals surface area contributed by atoms with Crippen LogP contribution in [0.3, 0.4) is 0 Å². The molecular weight excluding hydrogens is 324 g/mol. The Morgan fingerprint density at radius 2 is 2.38 bits per heavy atom. The molecule has 0 aromatic carbocycles. The number of rotatable bonds is 6. The van der Waals surface area contributed by atoms with E-state index in [4.69, 9.17) is 4.52 Å². The van der Waals surface area contributed by atoms with Gasteiger partial charge in [-0.25, -0.2) is 4.98 Å². The standard InChI is InChI=1S/C17H24N4O2S/c1-12-15(13(2)23-20-12)5-6-16(22)19-10-14-4-3-8-21(11-14)17-18-7-9-24-17/h7,9,14H,3-6,8,10-11H2,1-2H3,(H,19,22). The number of aromatic nitrogens is 2. The largest absolute Gasteiger partial charge is 0.361 e. The van der Waals surface area contributed by atoms with E-state index in [-0.39, 0.29) is 5.91 Å². The lowest BCUT2D eigenvalue weighted by Gasteiger charge is -2.32. The van der Waals surface area contributed by atoms with Crippen LogP contribution in [0.15, 0.2) is 16.1 Å². The van der Waals surface area contributed by atoms with Gasteiger partial charge in [-0.15, -0.1) is 11.3 Å². The molecular formula is C17H24N4O2S. The maximum atomic E-state index is 12.1. The number of nitrogens with zero attached hydrogens (tertiary/aromatic N) is 3. The van der Waals surface area contributed by atoms with E-state index in [9.17, 15) is 4.79 Å². The number of piperidine rings is 1. The lowest BCUT2D eigenvalue weighted by atomic mass is 9.98. The number of hydrogen-bond donors (Lipinski definition) is 1. The van der Waals surface area contributed by atoms with Crippen LogP contribution in [0.25, 0.3) is 0 Å². The Hall–Kier alpha value is -1.89. The highest BCUT2D eigenvalue weighted by molar-refractivity contribution is 7.13. The number of carbonyl (C=O) groups excluding carboxylic acids is 1. The Kier molecular flexibility index (Phi) is 5.50. The Labute approximate surface area is 146 Å². The van der Waals surface area contributed by atoms with Crippen molar-refractivity contribution in [3.63, 3.8) is 0 Å². The molecule has 1 aliphatic rings. The second-order valence-corrected chi connectivity index (χ2v) is 7.25. The average molecular weight is 348 g/mol. The summed E-state index contributed by atoms with van der Waals surface area (Å²) < 4.78 is 5.14. The first-order chi connectivity index (χ1) is 11.6. The zero-order valence-corrected chi connectivity index (χ0v) is 15.1. The molecule has 0 aliphatic carbocycles. The maximum Gasteiger partial charge on any atom is 0.220 e. The van der Waals surface area contributed by atoms with E-state index in [1.165, 1.54) is 0 Å². The van der Waals surface area contributed by atoms with Crippen LogP contribution in [0.5, 0.6) is 0 Å². The van der Waals surface area contributed by atoms with Crippen LogP contribution in [-0.2, 0) is 11.2 Å².